The Bertz CT molecular complexity index is 1070. The Labute approximate surface area is 185 Å². The van der Waals surface area contributed by atoms with Crippen LogP contribution < -0.4 is 5.32 Å². The van der Waals surface area contributed by atoms with E-state index in [2.05, 4.69) is 50.0 Å². The first-order valence-electron chi connectivity index (χ1n) is 10.2. The average Bonchev–Trinajstić information content (AvgIpc) is 2.72. The van der Waals surface area contributed by atoms with Gasteiger partial charge in [-0.3, -0.25) is 9.78 Å². The van der Waals surface area contributed by atoms with Crippen LogP contribution in [0, 0.1) is 12.3 Å². The van der Waals surface area contributed by atoms with Crippen molar-refractivity contribution in [3.8, 4) is 0 Å². The molecule has 0 saturated carbocycles. The minimum atomic E-state index is 0.0579. The molecule has 1 aromatic carbocycles. The molecule has 4 rings (SSSR count). The van der Waals surface area contributed by atoms with Gasteiger partial charge in [-0.25, -0.2) is 9.97 Å². The molecule has 156 valence electrons. The molecule has 3 heterocycles. The van der Waals surface area contributed by atoms with Crippen LogP contribution in [0.15, 0.2) is 47.2 Å². The summed E-state index contributed by atoms with van der Waals surface area (Å²) in [4.78, 5) is 28.9. The topological polar surface area (TPSA) is 71.0 Å². The first kappa shape index (κ1) is 20.7. The first-order valence-corrected chi connectivity index (χ1v) is 11.0. The Kier molecular flexibility index (Phi) is 5.73. The van der Waals surface area contributed by atoms with Gasteiger partial charge in [0.1, 0.15) is 0 Å². The second-order valence-corrected chi connectivity index (χ2v) is 9.64. The van der Waals surface area contributed by atoms with E-state index >= 15 is 0 Å². The number of hydrogen-bond donors (Lipinski definition) is 1. The van der Waals surface area contributed by atoms with Gasteiger partial charge in [0.05, 0.1) is 9.99 Å². The predicted molar refractivity (Wildman–Crippen MR) is 123 cm³/mol. The summed E-state index contributed by atoms with van der Waals surface area (Å²) in [7, 11) is 0. The maximum absolute atomic E-state index is 13.7. The summed E-state index contributed by atoms with van der Waals surface area (Å²) in [5.74, 6) is 0.628. The number of rotatable bonds is 4. The highest BCUT2D eigenvalue weighted by molar-refractivity contribution is 9.10. The number of aromatic nitrogens is 3. The summed E-state index contributed by atoms with van der Waals surface area (Å²) in [6, 6.07) is 9.83. The molecule has 30 heavy (non-hydrogen) atoms. The van der Waals surface area contributed by atoms with E-state index in [9.17, 15) is 4.79 Å². The number of benzene rings is 1. The van der Waals surface area contributed by atoms with Crippen LogP contribution in [-0.4, -0.2) is 44.9 Å². The number of nitrogens with zero attached hydrogens (tertiary/aromatic N) is 4. The normalized spacial score (nSPS) is 18.4. The molecule has 6 nitrogen and oxygen atoms in total. The van der Waals surface area contributed by atoms with Crippen molar-refractivity contribution in [1.29, 1.82) is 0 Å². The van der Waals surface area contributed by atoms with Crippen LogP contribution in [0.3, 0.4) is 0 Å². The maximum Gasteiger partial charge on any atom is 0.254 e. The number of aryl methyl sites for hydroxylation is 1. The van der Waals surface area contributed by atoms with Gasteiger partial charge in [-0.1, -0.05) is 26.0 Å². The molecule has 1 fully saturated rings. The second-order valence-electron chi connectivity index (χ2n) is 8.72. The number of hydrogen-bond acceptors (Lipinski definition) is 5. The van der Waals surface area contributed by atoms with Crippen molar-refractivity contribution >= 4 is 38.7 Å². The minimum absolute atomic E-state index is 0.0579. The lowest BCUT2D eigenvalue weighted by atomic mass is 9.81. The van der Waals surface area contributed by atoms with Gasteiger partial charge in [-0.2, -0.15) is 0 Å². The van der Waals surface area contributed by atoms with Crippen molar-refractivity contribution in [2.45, 2.75) is 39.7 Å². The lowest BCUT2D eigenvalue weighted by molar-refractivity contribution is 0.0421. The van der Waals surface area contributed by atoms with Crippen LogP contribution in [0.5, 0.6) is 0 Å². The largest absolute Gasteiger partial charge is 0.352 e. The number of halogens is 1. The predicted octanol–water partition coefficient (Wildman–Crippen LogP) is 4.84. The molecule has 7 heteroatoms. The lowest BCUT2D eigenvalue weighted by Crippen LogP contribution is -2.52. The minimum Gasteiger partial charge on any atom is -0.352 e. The van der Waals surface area contributed by atoms with Gasteiger partial charge in [0.25, 0.3) is 5.91 Å². The Morgan fingerprint density at radius 3 is 2.77 bits per heavy atom. The number of amides is 1. The van der Waals surface area contributed by atoms with Crippen molar-refractivity contribution in [2.24, 2.45) is 5.41 Å². The standard InChI is InChI=1S/C23H26BrN5O/c1-15-7-8-18-19(5-4-6-20(18)28-15)21(30)29-14-23(2,3)10-9-17(29)13-27-22-25-11-16(24)12-26-22/h4-8,11-12,17H,9-10,13-14H2,1-3H3,(H,25,26,27)/t17-/m0/s1. The van der Waals surface area contributed by atoms with Crippen LogP contribution in [0.1, 0.15) is 42.7 Å². The van der Waals surface area contributed by atoms with Gasteiger partial charge in [-0.15, -0.1) is 0 Å². The van der Waals surface area contributed by atoms with E-state index in [0.29, 0.717) is 18.1 Å². The molecule has 0 aliphatic carbocycles. The number of pyridine rings is 1. The third kappa shape index (κ3) is 4.46. The molecule has 0 radical (unpaired) electrons. The zero-order chi connectivity index (χ0) is 21.3. The molecular formula is C23H26BrN5O. The molecule has 3 aromatic rings. The fourth-order valence-electron chi connectivity index (χ4n) is 4.04. The molecule has 1 N–H and O–H groups in total. The fraction of sp³-hybridized carbons (Fsp3) is 0.391. The van der Waals surface area contributed by atoms with Crippen LogP contribution in [0.25, 0.3) is 10.9 Å². The van der Waals surface area contributed by atoms with Gasteiger partial charge in [0, 0.05) is 48.2 Å². The highest BCUT2D eigenvalue weighted by atomic mass is 79.9. The van der Waals surface area contributed by atoms with Gasteiger partial charge < -0.3 is 10.2 Å². The van der Waals surface area contributed by atoms with E-state index < -0.39 is 0 Å². The molecular weight excluding hydrogens is 442 g/mol. The molecule has 1 atom stereocenters. The molecule has 0 bridgehead atoms. The van der Waals surface area contributed by atoms with Crippen molar-refractivity contribution in [3.63, 3.8) is 0 Å². The van der Waals surface area contributed by atoms with Gasteiger partial charge in [-0.05, 0) is 59.3 Å². The monoisotopic (exact) mass is 467 g/mol. The summed E-state index contributed by atoms with van der Waals surface area (Å²) in [5, 5.41) is 4.20. The third-order valence-corrected chi connectivity index (χ3v) is 6.08. The maximum atomic E-state index is 13.7. The van der Waals surface area contributed by atoms with E-state index in [1.807, 2.05) is 42.2 Å². The van der Waals surface area contributed by atoms with Crippen LogP contribution in [0.2, 0.25) is 0 Å². The molecule has 0 spiro atoms. The summed E-state index contributed by atoms with van der Waals surface area (Å²) in [6.45, 7) is 7.75. The molecule has 0 unspecified atom stereocenters. The van der Waals surface area contributed by atoms with Crippen LogP contribution >= 0.6 is 15.9 Å². The number of anilines is 1. The number of carbonyl (C=O) groups is 1. The highest BCUT2D eigenvalue weighted by Crippen LogP contribution is 2.33. The summed E-state index contributed by atoms with van der Waals surface area (Å²) in [5.41, 5.74) is 2.60. The zero-order valence-corrected chi connectivity index (χ0v) is 19.1. The van der Waals surface area contributed by atoms with E-state index in [0.717, 1.165) is 40.5 Å². The average molecular weight is 468 g/mol. The SMILES string of the molecule is Cc1ccc2c(C(=O)N3CC(C)(C)CC[C@H]3CNc3ncc(Br)cn3)cccc2n1. The quantitative estimate of drug-likeness (QED) is 0.594. The van der Waals surface area contributed by atoms with E-state index in [-0.39, 0.29) is 17.4 Å². The molecule has 2 aromatic heterocycles. The number of fused-ring (bicyclic) bond motifs is 1. The number of piperidine rings is 1. The summed E-state index contributed by atoms with van der Waals surface area (Å²) < 4.78 is 0.837. The van der Waals surface area contributed by atoms with E-state index in [1.54, 1.807) is 12.4 Å². The molecule has 1 amide bonds. The van der Waals surface area contributed by atoms with Crippen molar-refractivity contribution in [3.05, 3.63) is 58.5 Å². The van der Waals surface area contributed by atoms with Crippen molar-refractivity contribution < 1.29 is 4.79 Å². The van der Waals surface area contributed by atoms with Crippen molar-refractivity contribution in [2.75, 3.05) is 18.4 Å². The Balaban J connectivity index is 1.61. The third-order valence-electron chi connectivity index (χ3n) is 5.67. The van der Waals surface area contributed by atoms with Crippen LogP contribution in [0.4, 0.5) is 5.95 Å². The van der Waals surface area contributed by atoms with Gasteiger partial charge in [0.15, 0.2) is 0 Å². The fourth-order valence-corrected chi connectivity index (χ4v) is 4.25. The van der Waals surface area contributed by atoms with E-state index in [1.165, 1.54) is 0 Å². The highest BCUT2D eigenvalue weighted by Gasteiger charge is 2.36. The summed E-state index contributed by atoms with van der Waals surface area (Å²) >= 11 is 3.35. The Morgan fingerprint density at radius 2 is 2.00 bits per heavy atom. The van der Waals surface area contributed by atoms with Gasteiger partial charge in [0.2, 0.25) is 5.95 Å². The summed E-state index contributed by atoms with van der Waals surface area (Å²) in [6.07, 6.45) is 5.44. The lowest BCUT2D eigenvalue weighted by Gasteiger charge is -2.44. The Morgan fingerprint density at radius 1 is 1.23 bits per heavy atom. The molecule has 1 aliphatic rings. The van der Waals surface area contributed by atoms with Gasteiger partial charge >= 0.3 is 0 Å². The number of likely N-dealkylation sites (tertiary alicyclic amines) is 1. The zero-order valence-electron chi connectivity index (χ0n) is 17.5. The number of nitrogens with one attached hydrogen (secondary N) is 1. The van der Waals surface area contributed by atoms with Crippen LogP contribution in [-0.2, 0) is 0 Å². The van der Waals surface area contributed by atoms with E-state index in [4.69, 9.17) is 0 Å². The molecule has 1 aliphatic heterocycles. The molecule has 1 saturated heterocycles. The van der Waals surface area contributed by atoms with Crippen molar-refractivity contribution in [1.82, 2.24) is 19.9 Å². The first-order chi connectivity index (χ1) is 14.3. The second kappa shape index (κ2) is 8.30. The Hall–Kier alpha value is -2.54. The smallest absolute Gasteiger partial charge is 0.254 e. The number of carbonyl (C=O) groups excluding carboxylic acids is 1.